The van der Waals surface area contributed by atoms with Gasteiger partial charge >= 0.3 is 0 Å². The number of nitrogens with one attached hydrogen (secondary N) is 4. The predicted octanol–water partition coefficient (Wildman–Crippen LogP) is 0.863. The number of hydrogen-bond acceptors (Lipinski definition) is 7. The minimum Gasteiger partial charge on any atom is -0.379 e. The van der Waals surface area contributed by atoms with Gasteiger partial charge in [-0.15, -0.1) is 0 Å². The van der Waals surface area contributed by atoms with Crippen molar-refractivity contribution in [3.05, 3.63) is 35.4 Å². The van der Waals surface area contributed by atoms with Gasteiger partial charge in [-0.3, -0.25) is 9.80 Å². The number of hydrogen-bond donors (Lipinski definition) is 4. The topological polar surface area (TPSA) is 63.8 Å². The normalized spacial score (nSPS) is 21.2. The van der Waals surface area contributed by atoms with E-state index in [0.29, 0.717) is 0 Å². The highest BCUT2D eigenvalue weighted by Gasteiger charge is 2.09. The molecule has 32 heavy (non-hydrogen) atoms. The van der Waals surface area contributed by atoms with Crippen LogP contribution in [0.3, 0.4) is 0 Å². The van der Waals surface area contributed by atoms with Crippen LogP contribution in [-0.4, -0.2) is 102 Å². The number of ether oxygens (including phenoxy) is 1. The first-order valence-electron chi connectivity index (χ1n) is 12.8. The third-order valence-electron chi connectivity index (χ3n) is 6.31. The molecule has 0 radical (unpaired) electrons. The first-order chi connectivity index (χ1) is 15.9. The Kier molecular flexibility index (Phi) is 13.2. The maximum absolute atomic E-state index is 5.41. The van der Waals surface area contributed by atoms with Crippen LogP contribution in [0.2, 0.25) is 0 Å². The van der Waals surface area contributed by atoms with Crippen LogP contribution in [0.15, 0.2) is 24.3 Å². The molecule has 4 N–H and O–H groups in total. The highest BCUT2D eigenvalue weighted by molar-refractivity contribution is 5.22. The van der Waals surface area contributed by atoms with Crippen LogP contribution < -0.4 is 21.3 Å². The molecule has 0 aliphatic carbocycles. The van der Waals surface area contributed by atoms with Gasteiger partial charge < -0.3 is 26.0 Å². The summed E-state index contributed by atoms with van der Waals surface area (Å²) in [5, 5.41) is 14.3. The lowest BCUT2D eigenvalue weighted by atomic mass is 10.1. The Bertz CT molecular complexity index is 564. The highest BCUT2D eigenvalue weighted by atomic mass is 16.5. The molecule has 7 heteroatoms. The molecule has 2 fully saturated rings. The van der Waals surface area contributed by atoms with Crippen molar-refractivity contribution in [1.82, 2.24) is 31.1 Å². The van der Waals surface area contributed by atoms with Gasteiger partial charge in [0.2, 0.25) is 0 Å². The summed E-state index contributed by atoms with van der Waals surface area (Å²) in [7, 11) is 0. The second kappa shape index (κ2) is 16.5. The number of morpholine rings is 1. The van der Waals surface area contributed by atoms with Crippen LogP contribution in [0, 0.1) is 0 Å². The Hall–Kier alpha value is -1.06. The SMILES string of the molecule is c1cc(CN2CCCNCCNCCCNCC2)ccc1CNCCCN1CCOCC1. The minimum absolute atomic E-state index is 0.891. The zero-order valence-corrected chi connectivity index (χ0v) is 20.0. The molecule has 0 spiro atoms. The molecule has 2 saturated heterocycles. The van der Waals surface area contributed by atoms with E-state index in [2.05, 4.69) is 55.3 Å². The van der Waals surface area contributed by atoms with Crippen LogP contribution in [0.1, 0.15) is 30.4 Å². The molecule has 2 aliphatic heterocycles. The average Bonchev–Trinajstić information content (AvgIpc) is 2.83. The van der Waals surface area contributed by atoms with E-state index < -0.39 is 0 Å². The Morgan fingerprint density at radius 1 is 0.719 bits per heavy atom. The van der Waals surface area contributed by atoms with Gasteiger partial charge in [-0.25, -0.2) is 0 Å². The molecule has 182 valence electrons. The molecule has 0 saturated carbocycles. The molecule has 1 aromatic rings. The summed E-state index contributed by atoms with van der Waals surface area (Å²) in [6.45, 7) is 17.0. The van der Waals surface area contributed by atoms with E-state index in [-0.39, 0.29) is 0 Å². The zero-order valence-electron chi connectivity index (χ0n) is 20.0. The fourth-order valence-corrected chi connectivity index (χ4v) is 4.33. The lowest BCUT2D eigenvalue weighted by Crippen LogP contribution is -2.37. The second-order valence-electron chi connectivity index (χ2n) is 9.03. The number of rotatable bonds is 8. The predicted molar refractivity (Wildman–Crippen MR) is 133 cm³/mol. The summed E-state index contributed by atoms with van der Waals surface area (Å²) in [5.74, 6) is 0. The Balaban J connectivity index is 1.33. The minimum atomic E-state index is 0.891. The second-order valence-corrected chi connectivity index (χ2v) is 9.03. The summed E-state index contributed by atoms with van der Waals surface area (Å²) < 4.78 is 5.41. The van der Waals surface area contributed by atoms with Gasteiger partial charge in [0.1, 0.15) is 0 Å². The molecule has 7 nitrogen and oxygen atoms in total. The van der Waals surface area contributed by atoms with Gasteiger partial charge in [0.15, 0.2) is 0 Å². The Morgan fingerprint density at radius 2 is 1.41 bits per heavy atom. The summed E-state index contributed by atoms with van der Waals surface area (Å²) in [4.78, 5) is 5.10. The molecule has 0 unspecified atom stereocenters. The third-order valence-corrected chi connectivity index (χ3v) is 6.31. The molecule has 2 heterocycles. The molecule has 0 bridgehead atoms. The van der Waals surface area contributed by atoms with E-state index in [4.69, 9.17) is 4.74 Å². The van der Waals surface area contributed by atoms with E-state index in [9.17, 15) is 0 Å². The number of nitrogens with zero attached hydrogens (tertiary/aromatic N) is 2. The van der Waals surface area contributed by atoms with E-state index in [0.717, 1.165) is 98.3 Å². The largest absolute Gasteiger partial charge is 0.379 e. The van der Waals surface area contributed by atoms with Crippen molar-refractivity contribution in [1.29, 1.82) is 0 Å². The van der Waals surface area contributed by atoms with Gasteiger partial charge in [0, 0.05) is 52.4 Å². The van der Waals surface area contributed by atoms with Crippen molar-refractivity contribution < 1.29 is 4.74 Å². The lowest BCUT2D eigenvalue weighted by molar-refractivity contribution is 0.0374. The van der Waals surface area contributed by atoms with Crippen molar-refractivity contribution in [3.63, 3.8) is 0 Å². The maximum Gasteiger partial charge on any atom is 0.0594 e. The third kappa shape index (κ3) is 11.2. The van der Waals surface area contributed by atoms with E-state index in [1.54, 1.807) is 0 Å². The molecular weight excluding hydrogens is 400 g/mol. The van der Waals surface area contributed by atoms with Crippen molar-refractivity contribution in [2.45, 2.75) is 32.4 Å². The van der Waals surface area contributed by atoms with Crippen LogP contribution in [0.4, 0.5) is 0 Å². The van der Waals surface area contributed by atoms with Gasteiger partial charge in [-0.2, -0.15) is 0 Å². The van der Waals surface area contributed by atoms with Crippen LogP contribution in [-0.2, 0) is 17.8 Å². The van der Waals surface area contributed by atoms with Gasteiger partial charge in [0.25, 0.3) is 0 Å². The summed E-state index contributed by atoms with van der Waals surface area (Å²) in [5.41, 5.74) is 2.79. The average molecular weight is 447 g/mol. The van der Waals surface area contributed by atoms with Crippen LogP contribution in [0.25, 0.3) is 0 Å². The maximum atomic E-state index is 5.41. The van der Waals surface area contributed by atoms with Crippen LogP contribution >= 0.6 is 0 Å². The van der Waals surface area contributed by atoms with E-state index in [1.807, 2.05) is 0 Å². The van der Waals surface area contributed by atoms with E-state index in [1.165, 1.54) is 36.9 Å². The smallest absolute Gasteiger partial charge is 0.0594 e. The van der Waals surface area contributed by atoms with Crippen molar-refractivity contribution >= 4 is 0 Å². The first kappa shape index (κ1) is 25.6. The lowest BCUT2D eigenvalue weighted by Gasteiger charge is -2.26. The first-order valence-corrected chi connectivity index (χ1v) is 12.8. The quantitative estimate of drug-likeness (QED) is 0.442. The molecular formula is C25H46N6O. The van der Waals surface area contributed by atoms with Gasteiger partial charge in [0.05, 0.1) is 13.2 Å². The molecule has 3 rings (SSSR count). The summed E-state index contributed by atoms with van der Waals surface area (Å²) >= 11 is 0. The number of benzene rings is 1. The fourth-order valence-electron chi connectivity index (χ4n) is 4.33. The van der Waals surface area contributed by atoms with Crippen molar-refractivity contribution in [2.75, 3.05) is 91.8 Å². The Morgan fingerprint density at radius 3 is 2.19 bits per heavy atom. The monoisotopic (exact) mass is 446 g/mol. The standard InChI is InChI=1S/C25H46N6O/c1-8-26-12-13-27-10-2-16-31(17-14-28-9-1)23-25-6-4-24(5-7-25)22-29-11-3-15-30-18-20-32-21-19-30/h4-7,26-29H,1-3,8-23H2. The molecule has 0 amide bonds. The Labute approximate surface area is 195 Å². The molecule has 0 atom stereocenters. The fraction of sp³-hybridized carbons (Fsp3) is 0.760. The zero-order chi connectivity index (χ0) is 22.1. The van der Waals surface area contributed by atoms with Crippen LogP contribution in [0.5, 0.6) is 0 Å². The van der Waals surface area contributed by atoms with Crippen molar-refractivity contribution in [3.8, 4) is 0 Å². The van der Waals surface area contributed by atoms with E-state index >= 15 is 0 Å². The summed E-state index contributed by atoms with van der Waals surface area (Å²) in [6.07, 6.45) is 3.60. The van der Waals surface area contributed by atoms with Gasteiger partial charge in [-0.05, 0) is 69.7 Å². The molecule has 2 aliphatic rings. The summed E-state index contributed by atoms with van der Waals surface area (Å²) in [6, 6.07) is 9.21. The molecule has 0 aromatic heterocycles. The van der Waals surface area contributed by atoms with Gasteiger partial charge in [-0.1, -0.05) is 24.3 Å². The highest BCUT2D eigenvalue weighted by Crippen LogP contribution is 2.08. The molecule has 1 aromatic carbocycles. The van der Waals surface area contributed by atoms with Crippen molar-refractivity contribution in [2.24, 2.45) is 0 Å².